The van der Waals surface area contributed by atoms with E-state index in [1.54, 1.807) is 39.8 Å². The van der Waals surface area contributed by atoms with Gasteiger partial charge in [-0.05, 0) is 40.2 Å². The summed E-state index contributed by atoms with van der Waals surface area (Å²) in [6.45, 7) is 8.27. The van der Waals surface area contributed by atoms with Crippen LogP contribution >= 0.6 is 0 Å². The zero-order chi connectivity index (χ0) is 18.0. The van der Waals surface area contributed by atoms with E-state index < -0.39 is 22.2 Å². The van der Waals surface area contributed by atoms with Gasteiger partial charge in [0.2, 0.25) is 0 Å². The molecule has 0 heterocycles. The van der Waals surface area contributed by atoms with Gasteiger partial charge < -0.3 is 9.53 Å². The van der Waals surface area contributed by atoms with Crippen LogP contribution < -0.4 is 0 Å². The lowest BCUT2D eigenvalue weighted by molar-refractivity contribution is -0.385. The number of aldehydes is 1. The first-order chi connectivity index (χ1) is 10.4. The van der Waals surface area contributed by atoms with Crippen LogP contribution in [0.15, 0.2) is 18.2 Å². The minimum Gasteiger partial charge on any atom is -0.444 e. The normalized spacial score (nSPS) is 13.8. The van der Waals surface area contributed by atoms with Gasteiger partial charge in [-0.25, -0.2) is 4.79 Å². The molecule has 0 spiro atoms. The van der Waals surface area contributed by atoms with E-state index in [0.29, 0.717) is 17.4 Å². The van der Waals surface area contributed by atoms with Gasteiger partial charge in [0.25, 0.3) is 5.69 Å². The first kappa shape index (κ1) is 18.6. The first-order valence-corrected chi connectivity index (χ1v) is 7.11. The van der Waals surface area contributed by atoms with E-state index >= 15 is 0 Å². The van der Waals surface area contributed by atoms with Crippen molar-refractivity contribution in [3.63, 3.8) is 0 Å². The Morgan fingerprint density at radius 3 is 2.30 bits per heavy atom. The molecule has 0 aromatic heterocycles. The average molecular weight is 322 g/mol. The molecule has 23 heavy (non-hydrogen) atoms. The second-order valence-electron chi connectivity index (χ2n) is 6.56. The monoisotopic (exact) mass is 322 g/mol. The van der Waals surface area contributed by atoms with E-state index in [1.807, 2.05) is 0 Å². The van der Waals surface area contributed by atoms with Gasteiger partial charge in [0.15, 0.2) is 0 Å². The van der Waals surface area contributed by atoms with Crippen LogP contribution in [0.1, 0.15) is 38.8 Å². The number of benzene rings is 1. The van der Waals surface area contributed by atoms with Crippen LogP contribution in [0.5, 0.6) is 0 Å². The Kier molecular flexibility index (Phi) is 5.14. The molecule has 1 amide bonds. The topological polar surface area (TPSA) is 89.8 Å². The van der Waals surface area contributed by atoms with Crippen molar-refractivity contribution >= 4 is 18.1 Å². The maximum atomic E-state index is 12.2. The Bertz CT molecular complexity index is 636. The summed E-state index contributed by atoms with van der Waals surface area (Å²) in [5, 5.41) is 11.1. The van der Waals surface area contributed by atoms with Gasteiger partial charge in [-0.3, -0.25) is 15.0 Å². The fraction of sp³-hybridized carbons (Fsp3) is 0.500. The number of hydrogen-bond donors (Lipinski definition) is 0. The predicted molar refractivity (Wildman–Crippen MR) is 85.2 cm³/mol. The third-order valence-electron chi connectivity index (χ3n) is 3.58. The van der Waals surface area contributed by atoms with Crippen molar-refractivity contribution in [1.29, 1.82) is 0 Å². The van der Waals surface area contributed by atoms with Gasteiger partial charge >= 0.3 is 6.09 Å². The highest BCUT2D eigenvalue weighted by Crippen LogP contribution is 2.30. The largest absolute Gasteiger partial charge is 0.444 e. The van der Waals surface area contributed by atoms with Crippen molar-refractivity contribution in [2.45, 2.75) is 45.8 Å². The molecule has 0 aliphatic carbocycles. The van der Waals surface area contributed by atoms with Gasteiger partial charge in [0.05, 0.1) is 4.92 Å². The lowest BCUT2D eigenvalue weighted by atomic mass is 9.91. The SMILES string of the molecule is Cc1ccc(C(C)(C=O)N(C)C(=O)OC(C)(C)C)cc1[N+](=O)[O-]. The number of nitro benzene ring substituents is 1. The summed E-state index contributed by atoms with van der Waals surface area (Å²) in [6.07, 6.45) is -0.110. The van der Waals surface area contributed by atoms with Crippen LogP contribution in [0.25, 0.3) is 0 Å². The second kappa shape index (κ2) is 6.36. The molecule has 1 aromatic rings. The predicted octanol–water partition coefficient (Wildman–Crippen LogP) is 3.18. The summed E-state index contributed by atoms with van der Waals surface area (Å²) in [6, 6.07) is 4.46. The molecule has 0 saturated carbocycles. The molecule has 7 nitrogen and oxygen atoms in total. The molecule has 1 atom stereocenters. The Labute approximate surface area is 135 Å². The van der Waals surface area contributed by atoms with Gasteiger partial charge in [-0.1, -0.05) is 12.1 Å². The van der Waals surface area contributed by atoms with Crippen molar-refractivity contribution in [2.24, 2.45) is 0 Å². The number of amides is 1. The van der Waals surface area contributed by atoms with E-state index in [2.05, 4.69) is 0 Å². The van der Waals surface area contributed by atoms with Crippen molar-refractivity contribution in [2.75, 3.05) is 7.05 Å². The molecule has 126 valence electrons. The lowest BCUT2D eigenvalue weighted by Crippen LogP contribution is -2.48. The number of carbonyl (C=O) groups is 2. The van der Waals surface area contributed by atoms with Gasteiger partial charge in [0.1, 0.15) is 17.4 Å². The number of likely N-dealkylation sites (N-methyl/N-ethyl adjacent to an activating group) is 1. The van der Waals surface area contributed by atoms with Crippen LogP contribution in [0, 0.1) is 17.0 Å². The Hall–Kier alpha value is -2.44. The Morgan fingerprint density at radius 2 is 1.87 bits per heavy atom. The molecule has 1 aromatic carbocycles. The number of rotatable bonds is 4. The highest BCUT2D eigenvalue weighted by atomic mass is 16.6. The minimum atomic E-state index is -1.37. The third kappa shape index (κ3) is 4.06. The average Bonchev–Trinajstić information content (AvgIpc) is 2.43. The quantitative estimate of drug-likeness (QED) is 0.482. The Morgan fingerprint density at radius 1 is 1.30 bits per heavy atom. The zero-order valence-electron chi connectivity index (χ0n) is 14.2. The molecule has 0 aliphatic rings. The lowest BCUT2D eigenvalue weighted by Gasteiger charge is -2.35. The molecule has 0 N–H and O–H groups in total. The highest BCUT2D eigenvalue weighted by Gasteiger charge is 2.37. The number of carbonyl (C=O) groups excluding carboxylic acids is 2. The van der Waals surface area contributed by atoms with Crippen LogP contribution in [0.4, 0.5) is 10.5 Å². The fourth-order valence-electron chi connectivity index (χ4n) is 1.98. The van der Waals surface area contributed by atoms with E-state index in [-0.39, 0.29) is 5.69 Å². The minimum absolute atomic E-state index is 0.104. The van der Waals surface area contributed by atoms with E-state index in [0.717, 1.165) is 4.90 Å². The zero-order valence-corrected chi connectivity index (χ0v) is 14.2. The van der Waals surface area contributed by atoms with Crippen LogP contribution in [0.3, 0.4) is 0 Å². The molecule has 0 saturated heterocycles. The molecule has 1 rings (SSSR count). The number of aryl methyl sites for hydroxylation is 1. The summed E-state index contributed by atoms with van der Waals surface area (Å²) < 4.78 is 5.26. The molecule has 7 heteroatoms. The fourth-order valence-corrected chi connectivity index (χ4v) is 1.98. The van der Waals surface area contributed by atoms with Crippen molar-refractivity contribution in [3.05, 3.63) is 39.4 Å². The van der Waals surface area contributed by atoms with Crippen molar-refractivity contribution in [3.8, 4) is 0 Å². The molecule has 0 fully saturated rings. The third-order valence-corrected chi connectivity index (χ3v) is 3.58. The molecular formula is C16H22N2O5. The number of hydrogen-bond acceptors (Lipinski definition) is 5. The van der Waals surface area contributed by atoms with Crippen LogP contribution in [-0.4, -0.2) is 34.9 Å². The van der Waals surface area contributed by atoms with E-state index in [1.165, 1.54) is 20.0 Å². The maximum absolute atomic E-state index is 12.2. The number of nitro groups is 1. The maximum Gasteiger partial charge on any atom is 0.411 e. The summed E-state index contributed by atoms with van der Waals surface area (Å²) >= 11 is 0. The second-order valence-corrected chi connectivity index (χ2v) is 6.56. The van der Waals surface area contributed by atoms with Crippen molar-refractivity contribution < 1.29 is 19.2 Å². The summed E-state index contributed by atoms with van der Waals surface area (Å²) in [4.78, 5) is 35.6. The summed E-state index contributed by atoms with van der Waals surface area (Å²) in [5.41, 5.74) is -1.37. The highest BCUT2D eigenvalue weighted by molar-refractivity contribution is 5.78. The van der Waals surface area contributed by atoms with Gasteiger partial charge in [-0.15, -0.1) is 0 Å². The number of ether oxygens (including phenoxy) is 1. The Balaban J connectivity index is 3.29. The smallest absolute Gasteiger partial charge is 0.411 e. The standard InChI is InChI=1S/C16H22N2O5/c1-11-7-8-12(9-13(11)18(21)22)16(5,10-19)17(6)14(20)23-15(2,3)4/h7-10H,1-6H3. The molecule has 1 unspecified atom stereocenters. The molecule has 0 aliphatic heterocycles. The molecule has 0 bridgehead atoms. The summed E-state index contributed by atoms with van der Waals surface area (Å²) in [7, 11) is 1.42. The van der Waals surface area contributed by atoms with E-state index in [9.17, 15) is 19.7 Å². The van der Waals surface area contributed by atoms with Crippen LogP contribution in [0.2, 0.25) is 0 Å². The van der Waals surface area contributed by atoms with Gasteiger partial charge in [-0.2, -0.15) is 0 Å². The first-order valence-electron chi connectivity index (χ1n) is 7.11. The van der Waals surface area contributed by atoms with E-state index in [4.69, 9.17) is 4.74 Å². The van der Waals surface area contributed by atoms with Crippen LogP contribution in [-0.2, 0) is 15.1 Å². The summed E-state index contributed by atoms with van der Waals surface area (Å²) in [5.74, 6) is 0. The van der Waals surface area contributed by atoms with Gasteiger partial charge in [0, 0.05) is 18.7 Å². The molecular weight excluding hydrogens is 300 g/mol. The molecule has 0 radical (unpaired) electrons. The number of nitrogens with zero attached hydrogens (tertiary/aromatic N) is 2. The van der Waals surface area contributed by atoms with Crippen molar-refractivity contribution in [1.82, 2.24) is 4.90 Å².